The van der Waals surface area contributed by atoms with Crippen LogP contribution in [0.5, 0.6) is 11.5 Å². The van der Waals surface area contributed by atoms with Gasteiger partial charge in [-0.25, -0.2) is 4.39 Å². The van der Waals surface area contributed by atoms with Crippen molar-refractivity contribution in [3.05, 3.63) is 79.5 Å². The van der Waals surface area contributed by atoms with E-state index in [2.05, 4.69) is 50.3 Å². The summed E-state index contributed by atoms with van der Waals surface area (Å²) in [5.74, 6) is -0.923. The minimum atomic E-state index is -0.927. The second-order valence-electron chi connectivity index (χ2n) is 13.5. The Labute approximate surface area is 271 Å². The average molecular weight is 716 g/mol. The summed E-state index contributed by atoms with van der Waals surface area (Å²) < 4.78 is 26.8. The van der Waals surface area contributed by atoms with Crippen LogP contribution in [0.4, 0.5) is 4.39 Å². The summed E-state index contributed by atoms with van der Waals surface area (Å²) in [6.45, 7) is 10.8. The fourth-order valence-electron chi connectivity index (χ4n) is 6.80. The van der Waals surface area contributed by atoms with Crippen molar-refractivity contribution >= 4 is 40.1 Å². The molecule has 0 atom stereocenters. The molecule has 0 saturated carbocycles. The van der Waals surface area contributed by atoms with E-state index in [4.69, 9.17) is 9.47 Å². The van der Waals surface area contributed by atoms with Crippen molar-refractivity contribution in [1.82, 2.24) is 4.90 Å². The third-order valence-electron chi connectivity index (χ3n) is 8.51. The highest BCUT2D eigenvalue weighted by Crippen LogP contribution is 2.55. The maximum atomic E-state index is 14.0. The maximum Gasteiger partial charge on any atom is 0.305 e. The molecule has 0 saturated heterocycles. The first-order chi connectivity index (χ1) is 20.7. The number of aliphatic carboxylic acids is 1. The third kappa shape index (κ3) is 6.57. The van der Waals surface area contributed by atoms with Crippen LogP contribution in [-0.4, -0.2) is 40.7 Å². The van der Waals surface area contributed by atoms with Gasteiger partial charge in [0, 0.05) is 47.8 Å². The van der Waals surface area contributed by atoms with Gasteiger partial charge in [-0.1, -0.05) is 39.8 Å². The van der Waals surface area contributed by atoms with Gasteiger partial charge in [-0.3, -0.25) is 14.4 Å². The van der Waals surface area contributed by atoms with Gasteiger partial charge in [0.1, 0.15) is 12.4 Å². The lowest BCUT2D eigenvalue weighted by atomic mass is 9.63. The third-order valence-corrected chi connectivity index (χ3v) is 9.31. The van der Waals surface area contributed by atoms with Gasteiger partial charge in [0.25, 0.3) is 0 Å². The molecule has 0 aromatic heterocycles. The number of rotatable bonds is 9. The molecule has 2 aliphatic carbocycles. The molecule has 0 amide bonds. The number of benzene rings is 2. The minimum absolute atomic E-state index is 0.0230. The van der Waals surface area contributed by atoms with Crippen LogP contribution in [0.25, 0.3) is 0 Å². The number of carbonyl (C=O) groups is 3. The van der Waals surface area contributed by atoms with E-state index in [1.807, 2.05) is 24.0 Å². The molecule has 3 aliphatic rings. The summed E-state index contributed by atoms with van der Waals surface area (Å²) in [4.78, 5) is 41.8. The van der Waals surface area contributed by atoms with E-state index in [9.17, 15) is 23.9 Å². The van der Waals surface area contributed by atoms with Gasteiger partial charge < -0.3 is 19.5 Å². The van der Waals surface area contributed by atoms with Gasteiger partial charge in [-0.15, -0.1) is 0 Å². The number of halogens is 2. The van der Waals surface area contributed by atoms with Crippen molar-refractivity contribution in [2.75, 3.05) is 13.2 Å². The first kappa shape index (κ1) is 32.2. The lowest BCUT2D eigenvalue weighted by molar-refractivity contribution is -0.137. The molecule has 2 aromatic carbocycles. The number of carbonyl (C=O) groups excluding carboxylic acids is 2. The van der Waals surface area contributed by atoms with Gasteiger partial charge in [0.2, 0.25) is 0 Å². The van der Waals surface area contributed by atoms with Crippen LogP contribution in [0.15, 0.2) is 58.9 Å². The van der Waals surface area contributed by atoms with E-state index < -0.39 is 11.9 Å². The average Bonchev–Trinajstić information content (AvgIpc) is 2.89. The minimum Gasteiger partial charge on any atom is -0.490 e. The number of carboxylic acid groups (broad SMARTS) is 1. The van der Waals surface area contributed by atoms with Crippen LogP contribution < -0.4 is 9.47 Å². The van der Waals surface area contributed by atoms with E-state index in [-0.39, 0.29) is 47.8 Å². The van der Waals surface area contributed by atoms with Gasteiger partial charge in [0.15, 0.2) is 23.1 Å². The van der Waals surface area contributed by atoms with Gasteiger partial charge in [-0.2, -0.15) is 0 Å². The molecule has 1 N–H and O–H groups in total. The molecule has 1 heterocycles. The molecule has 1 aliphatic heterocycles. The van der Waals surface area contributed by atoms with Crippen molar-refractivity contribution in [2.45, 2.75) is 79.2 Å². The molecule has 44 heavy (non-hydrogen) atoms. The van der Waals surface area contributed by atoms with E-state index >= 15 is 0 Å². The normalized spacial score (nSPS) is 19.6. The van der Waals surface area contributed by atoms with Gasteiger partial charge in [-0.05, 0) is 88.6 Å². The molecule has 0 bridgehead atoms. The topological polar surface area (TPSA) is 93.1 Å². The lowest BCUT2D eigenvalue weighted by Crippen LogP contribution is -2.45. The fraction of sp³-hybridized carbons (Fsp3) is 0.457. The van der Waals surface area contributed by atoms with Crippen LogP contribution in [0, 0.1) is 20.2 Å². The number of carboxylic acids is 1. The Bertz CT molecular complexity index is 1540. The molecule has 2 aromatic rings. The molecule has 7 nitrogen and oxygen atoms in total. The van der Waals surface area contributed by atoms with Crippen molar-refractivity contribution < 1.29 is 33.4 Å². The molecule has 5 rings (SSSR count). The smallest absolute Gasteiger partial charge is 0.305 e. The molecule has 0 unspecified atom stereocenters. The highest BCUT2D eigenvalue weighted by atomic mass is 127. The van der Waals surface area contributed by atoms with E-state index in [0.29, 0.717) is 60.5 Å². The Kier molecular flexibility index (Phi) is 8.99. The Morgan fingerprint density at radius 2 is 1.59 bits per heavy atom. The highest BCUT2D eigenvalue weighted by Gasteiger charge is 2.49. The quantitative estimate of drug-likeness (QED) is 0.268. The summed E-state index contributed by atoms with van der Waals surface area (Å²) in [5, 5.41) is 9.61. The number of hydrogen-bond donors (Lipinski definition) is 1. The van der Waals surface area contributed by atoms with Crippen molar-refractivity contribution in [1.29, 1.82) is 0 Å². The first-order valence-electron chi connectivity index (χ1n) is 15.0. The summed E-state index contributed by atoms with van der Waals surface area (Å²) in [7, 11) is 0. The molecular weight excluding hydrogens is 676 g/mol. The Morgan fingerprint density at radius 3 is 2.14 bits per heavy atom. The summed E-state index contributed by atoms with van der Waals surface area (Å²) in [6.07, 6.45) is 1.76. The second-order valence-corrected chi connectivity index (χ2v) is 14.7. The number of allylic oxidation sites excluding steroid dienone is 4. The van der Waals surface area contributed by atoms with Crippen LogP contribution >= 0.6 is 22.6 Å². The molecular formula is C35H39FINO6. The zero-order chi connectivity index (χ0) is 32.0. The van der Waals surface area contributed by atoms with Crippen LogP contribution in [0.2, 0.25) is 0 Å². The molecule has 9 heteroatoms. The number of ether oxygens (including phenoxy) is 2. The summed E-state index contributed by atoms with van der Waals surface area (Å²) >= 11 is 2.18. The SMILES string of the molecule is CCOc1cc(C2C3=C(CC(C)(C)CC3=O)N(CCC(=O)O)C3=C2C(=O)CC(C)(C)C3)cc(I)c1OCc1cccc(F)c1. The monoisotopic (exact) mass is 715 g/mol. The molecule has 234 valence electrons. The fourth-order valence-corrected chi connectivity index (χ4v) is 7.58. The maximum absolute atomic E-state index is 14.0. The van der Waals surface area contributed by atoms with E-state index in [1.54, 1.807) is 12.1 Å². The van der Waals surface area contributed by atoms with Gasteiger partial charge in [0.05, 0.1) is 16.6 Å². The molecule has 0 fully saturated rings. The van der Waals surface area contributed by atoms with Crippen LogP contribution in [0.3, 0.4) is 0 Å². The predicted molar refractivity (Wildman–Crippen MR) is 173 cm³/mol. The molecule has 0 spiro atoms. The van der Waals surface area contributed by atoms with Crippen molar-refractivity contribution in [3.8, 4) is 11.5 Å². The number of hydrogen-bond acceptors (Lipinski definition) is 6. The standard InChI is InChI=1S/C35H39FINO6/c1-6-43-28-14-21(13-23(37)33(28)44-19-20-8-7-9-22(36)12-20)30-31-24(15-34(2,3)17-26(31)39)38(11-10-29(41)42)25-16-35(4,5)18-27(40)32(25)30/h7-9,12-14,30H,6,10-11,15-19H2,1-5H3,(H,41,42). The van der Waals surface area contributed by atoms with E-state index in [1.165, 1.54) is 12.1 Å². The van der Waals surface area contributed by atoms with E-state index in [0.717, 1.165) is 20.5 Å². The van der Waals surface area contributed by atoms with Crippen molar-refractivity contribution in [3.63, 3.8) is 0 Å². The summed E-state index contributed by atoms with van der Waals surface area (Å²) in [5.41, 5.74) is 3.61. The largest absolute Gasteiger partial charge is 0.490 e. The van der Waals surface area contributed by atoms with Crippen molar-refractivity contribution in [2.24, 2.45) is 10.8 Å². The Morgan fingerprint density at radius 1 is 0.977 bits per heavy atom. The Hall–Kier alpha value is -3.21. The number of Topliss-reactive ketones (excluding diaryl/α,β-unsaturated/α-hetero) is 2. The molecule has 0 radical (unpaired) electrons. The lowest BCUT2D eigenvalue weighted by Gasteiger charge is -2.49. The van der Waals surface area contributed by atoms with Gasteiger partial charge >= 0.3 is 5.97 Å². The Balaban J connectivity index is 1.67. The zero-order valence-electron chi connectivity index (χ0n) is 25.9. The predicted octanol–water partition coefficient (Wildman–Crippen LogP) is 7.57. The first-order valence-corrected chi connectivity index (χ1v) is 16.1. The van der Waals surface area contributed by atoms with Crippen LogP contribution in [-0.2, 0) is 21.0 Å². The summed E-state index contributed by atoms with van der Waals surface area (Å²) in [6, 6.07) is 10.0. The highest BCUT2D eigenvalue weighted by molar-refractivity contribution is 14.1. The number of nitrogens with zero attached hydrogens (tertiary/aromatic N) is 1. The van der Waals surface area contributed by atoms with Crippen LogP contribution in [0.1, 0.15) is 83.8 Å². The second kappa shape index (κ2) is 12.3. The number of ketones is 2. The zero-order valence-corrected chi connectivity index (χ0v) is 28.0.